The Bertz CT molecular complexity index is 5370. The van der Waals surface area contributed by atoms with E-state index < -0.39 is 33.8 Å². The number of benzene rings is 6. The van der Waals surface area contributed by atoms with Gasteiger partial charge in [0.15, 0.2) is 0 Å². The monoisotopic (exact) mass is 1340 g/mol. The fourth-order valence-corrected chi connectivity index (χ4v) is 14.5. The summed E-state index contributed by atoms with van der Waals surface area (Å²) in [4.78, 5) is 85.1. The summed E-state index contributed by atoms with van der Waals surface area (Å²) in [5, 5.41) is 45.1. The van der Waals surface area contributed by atoms with Gasteiger partial charge >= 0.3 is 33.8 Å². The first-order chi connectivity index (χ1) is 48.2. The number of rotatable bonds is 12. The fraction of sp³-hybridized carbons (Fsp3) is 0.308. The standard InChI is InChI=1S/C29H30N2O5.C26H25NO6.C23H19NO6/c32-25-9-8-21-22(23-16-19-6-2-3-7-26(19)35-29(23)34)17-27(33)36-28(21)24(25)18-30-14-10-20(11-15-30)31-12-4-1-5-13-31;28-12-9-16-7-10-27(11-8-16)15-21-22(29)6-5-18-19(14-24(30)33-25(18)21)20-13-17-3-1-2-4-23(17)32-26(20)31;25-19-6-5-15-16(17-11-14-3-1-2-4-20(14)29-23(17)27)12-21(26)30-22(15)18(19)13-24-7-9-28-10-8-24/h2-3,6-9,16-17,20,32H,1,4-5,10-15,18H2;1-6,13-14,16,28-29H,7-12,15H2;1-6,11-12,25H,7-10,13H2. The summed E-state index contributed by atoms with van der Waals surface area (Å²) in [6.07, 6.45) is 8.86. The molecule has 4 fully saturated rings. The number of nitrogens with zero attached hydrogens (tertiary/aromatic N) is 4. The van der Waals surface area contributed by atoms with Crippen molar-refractivity contribution in [3.8, 4) is 50.6 Å². The van der Waals surface area contributed by atoms with Crippen molar-refractivity contribution in [2.75, 3.05) is 72.2 Å². The van der Waals surface area contributed by atoms with E-state index in [4.69, 9.17) is 31.2 Å². The first-order valence-electron chi connectivity index (χ1n) is 33.8. The molecule has 0 amide bonds. The van der Waals surface area contributed by atoms with Crippen molar-refractivity contribution in [3.05, 3.63) is 225 Å². The van der Waals surface area contributed by atoms with Gasteiger partial charge in [-0.05, 0) is 163 Å². The van der Waals surface area contributed by atoms with Crippen LogP contribution in [0.15, 0.2) is 201 Å². The number of ether oxygens (including phenoxy) is 1. The van der Waals surface area contributed by atoms with E-state index in [-0.39, 0.29) is 46.1 Å². The van der Waals surface area contributed by atoms with Gasteiger partial charge in [0.05, 0.1) is 46.6 Å². The van der Waals surface area contributed by atoms with Crippen molar-refractivity contribution >= 4 is 65.8 Å². The van der Waals surface area contributed by atoms with Crippen LogP contribution in [0.1, 0.15) is 68.1 Å². The van der Waals surface area contributed by atoms with E-state index in [2.05, 4.69) is 19.6 Å². The SMILES string of the molecule is O=c1cc(-c2cc3ccccc3oc2=O)c2ccc(O)c(CN3CCC(CCO)CC3)c2o1.O=c1cc(-c2cc3ccccc3oc2=O)c2ccc(O)c(CN3CCC(N4CCCCC4)CC3)c2o1.O=c1cc(-c2cc3ccccc3oc2=O)c2ccc(O)c(CN3CCOCC3)c2o1. The van der Waals surface area contributed by atoms with Gasteiger partial charge in [-0.1, -0.05) is 61.0 Å². The van der Waals surface area contributed by atoms with E-state index in [1.165, 1.54) is 50.6 Å². The molecule has 99 heavy (non-hydrogen) atoms. The van der Waals surface area contributed by atoms with Crippen LogP contribution in [0.2, 0.25) is 0 Å². The van der Waals surface area contributed by atoms with Gasteiger partial charge in [0.2, 0.25) is 0 Å². The Labute approximate surface area is 565 Å². The van der Waals surface area contributed by atoms with Crippen LogP contribution in [0.3, 0.4) is 0 Å². The van der Waals surface area contributed by atoms with Crippen LogP contribution >= 0.6 is 0 Å². The van der Waals surface area contributed by atoms with Crippen molar-refractivity contribution < 1.29 is 51.7 Å². The number of aromatic hydroxyl groups is 3. The molecule has 4 aliphatic rings. The normalized spacial score (nSPS) is 16.3. The highest BCUT2D eigenvalue weighted by atomic mass is 16.5. The smallest absolute Gasteiger partial charge is 0.344 e. The van der Waals surface area contributed by atoms with Crippen LogP contribution in [0.5, 0.6) is 17.2 Å². The van der Waals surface area contributed by atoms with Crippen LogP contribution in [0.25, 0.3) is 99.2 Å². The zero-order valence-corrected chi connectivity index (χ0v) is 54.5. The number of phenolic OH excluding ortho intramolecular Hbond substituents is 3. The average Bonchev–Trinajstić information content (AvgIpc) is 0.774. The third kappa shape index (κ3) is 14.3. The zero-order chi connectivity index (χ0) is 68.3. The highest BCUT2D eigenvalue weighted by Crippen LogP contribution is 2.39. The summed E-state index contributed by atoms with van der Waals surface area (Å²) >= 11 is 0. The van der Waals surface area contributed by atoms with Crippen LogP contribution < -0.4 is 33.8 Å². The Morgan fingerprint density at radius 3 is 1.10 bits per heavy atom. The number of para-hydroxylation sites is 3. The zero-order valence-electron chi connectivity index (χ0n) is 54.5. The highest BCUT2D eigenvalue weighted by Gasteiger charge is 2.29. The van der Waals surface area contributed by atoms with Gasteiger partial charge in [0, 0.05) is 113 Å². The highest BCUT2D eigenvalue weighted by molar-refractivity contribution is 5.99. The molecule has 0 aliphatic carbocycles. The lowest BCUT2D eigenvalue weighted by Gasteiger charge is -2.40. The molecular weight excluding hydrogens is 1260 g/mol. The number of aliphatic hydroxyl groups excluding tert-OH is 1. The molecule has 21 nitrogen and oxygen atoms in total. The summed E-state index contributed by atoms with van der Waals surface area (Å²) in [6, 6.07) is 41.1. The summed E-state index contributed by atoms with van der Waals surface area (Å²) in [6.45, 7) is 10.1. The Hall–Kier alpha value is -10.3. The van der Waals surface area contributed by atoms with Crippen LogP contribution in [-0.2, 0) is 24.4 Å². The average molecular weight is 1340 g/mol. The molecule has 0 bridgehead atoms. The maximum absolute atomic E-state index is 12.9. The molecule has 508 valence electrons. The minimum Gasteiger partial charge on any atom is -0.507 e. The number of hydrogen-bond donors (Lipinski definition) is 4. The maximum Gasteiger partial charge on any atom is 0.344 e. The lowest BCUT2D eigenvalue weighted by molar-refractivity contribution is 0.0339. The Kier molecular flexibility index (Phi) is 19.4. The molecule has 21 heteroatoms. The summed E-state index contributed by atoms with van der Waals surface area (Å²) < 4.78 is 38.5. The van der Waals surface area contributed by atoms with Crippen LogP contribution in [0, 0.1) is 5.92 Å². The first kappa shape index (κ1) is 66.0. The molecule has 4 aliphatic heterocycles. The second-order valence-corrected chi connectivity index (χ2v) is 25.9. The van der Waals surface area contributed by atoms with E-state index in [0.29, 0.717) is 135 Å². The van der Waals surface area contributed by atoms with Crippen molar-refractivity contribution in [3.63, 3.8) is 0 Å². The number of phenols is 3. The third-order valence-electron chi connectivity index (χ3n) is 19.7. The largest absolute Gasteiger partial charge is 0.507 e. The molecule has 0 unspecified atom stereocenters. The van der Waals surface area contributed by atoms with Crippen LogP contribution in [-0.4, -0.2) is 118 Å². The minimum absolute atomic E-state index is 0.0415. The lowest BCUT2D eigenvalue weighted by atomic mass is 9.93. The second-order valence-electron chi connectivity index (χ2n) is 25.9. The molecule has 10 heterocycles. The summed E-state index contributed by atoms with van der Waals surface area (Å²) in [7, 11) is 0. The minimum atomic E-state index is -0.599. The van der Waals surface area contributed by atoms with Gasteiger partial charge < -0.3 is 56.6 Å². The molecule has 4 N–H and O–H groups in total. The van der Waals surface area contributed by atoms with Crippen molar-refractivity contribution in [1.82, 2.24) is 19.6 Å². The predicted octanol–water partition coefficient (Wildman–Crippen LogP) is 11.7. The third-order valence-corrected chi connectivity index (χ3v) is 19.7. The van der Waals surface area contributed by atoms with Gasteiger partial charge in [0.25, 0.3) is 0 Å². The van der Waals surface area contributed by atoms with Gasteiger partial charge in [0.1, 0.15) is 50.7 Å². The Balaban J connectivity index is 0.000000127. The maximum atomic E-state index is 12.9. The molecule has 0 saturated carbocycles. The molecular formula is C78H74N4O17. The summed E-state index contributed by atoms with van der Waals surface area (Å²) in [5.41, 5.74) is 2.70. The van der Waals surface area contributed by atoms with Gasteiger partial charge in [-0.3, -0.25) is 14.7 Å². The molecule has 0 radical (unpaired) electrons. The number of aliphatic hydroxyl groups is 1. The van der Waals surface area contributed by atoms with Crippen molar-refractivity contribution in [2.45, 2.75) is 77.0 Å². The molecule has 16 rings (SSSR count). The summed E-state index contributed by atoms with van der Waals surface area (Å²) in [5.74, 6) is 0.682. The van der Waals surface area contributed by atoms with E-state index >= 15 is 0 Å². The number of fused-ring (bicyclic) bond motifs is 6. The number of hydrogen-bond acceptors (Lipinski definition) is 21. The molecule has 0 spiro atoms. The first-order valence-corrected chi connectivity index (χ1v) is 33.8. The van der Waals surface area contributed by atoms with E-state index in [0.717, 1.165) is 74.4 Å². The van der Waals surface area contributed by atoms with Crippen LogP contribution in [0.4, 0.5) is 0 Å². The quantitative estimate of drug-likeness (QED) is 0.0827. The fourth-order valence-electron chi connectivity index (χ4n) is 14.5. The predicted molar refractivity (Wildman–Crippen MR) is 376 cm³/mol. The van der Waals surface area contributed by atoms with E-state index in [1.807, 2.05) is 42.5 Å². The van der Waals surface area contributed by atoms with Gasteiger partial charge in [-0.2, -0.15) is 0 Å². The van der Waals surface area contributed by atoms with Gasteiger partial charge in [-0.15, -0.1) is 0 Å². The molecule has 0 atom stereocenters. The molecule has 6 aromatic carbocycles. The Morgan fingerprint density at radius 2 is 0.727 bits per heavy atom. The second kappa shape index (κ2) is 29.1. The number of piperidine rings is 3. The van der Waals surface area contributed by atoms with E-state index in [1.54, 1.807) is 84.9 Å². The van der Waals surface area contributed by atoms with Crippen molar-refractivity contribution in [2.24, 2.45) is 5.92 Å². The lowest BCUT2D eigenvalue weighted by Crippen LogP contribution is -2.46. The number of morpholine rings is 1. The molecule has 12 aromatic rings. The molecule has 6 aromatic heterocycles. The van der Waals surface area contributed by atoms with Gasteiger partial charge in [-0.25, -0.2) is 28.8 Å². The van der Waals surface area contributed by atoms with E-state index in [9.17, 15) is 49.2 Å². The number of likely N-dealkylation sites (tertiary alicyclic amines) is 3. The topological polar surface area (TPSA) is 284 Å². The van der Waals surface area contributed by atoms with Crippen molar-refractivity contribution in [1.29, 1.82) is 0 Å². The molecule has 4 saturated heterocycles. The Morgan fingerprint density at radius 1 is 0.374 bits per heavy atom.